The van der Waals surface area contributed by atoms with E-state index in [9.17, 15) is 0 Å². The first-order chi connectivity index (χ1) is 7.92. The fraction of sp³-hybridized carbons (Fsp3) is 0.667. The van der Waals surface area contributed by atoms with Crippen molar-refractivity contribution in [3.05, 3.63) is 24.2 Å². The van der Waals surface area contributed by atoms with Crippen molar-refractivity contribution in [2.45, 2.75) is 25.5 Å². The number of nitrogens with one attached hydrogen (secondary N) is 1. The van der Waals surface area contributed by atoms with Crippen LogP contribution in [0.2, 0.25) is 0 Å². The van der Waals surface area contributed by atoms with Gasteiger partial charge in [-0.25, -0.2) is 0 Å². The highest BCUT2D eigenvalue weighted by Gasteiger charge is 2.27. The lowest BCUT2D eigenvalue weighted by Gasteiger charge is -2.29. The Bertz CT molecular complexity index is 283. The van der Waals surface area contributed by atoms with Crippen LogP contribution in [-0.4, -0.2) is 30.8 Å². The molecule has 1 aliphatic rings. The van der Waals surface area contributed by atoms with Crippen LogP contribution in [-0.2, 0) is 4.74 Å². The normalized spacial score (nSPS) is 23.2. The minimum atomic E-state index is 0.197. The lowest BCUT2D eigenvalue weighted by atomic mass is 10.1. The van der Waals surface area contributed by atoms with E-state index >= 15 is 0 Å². The highest BCUT2D eigenvalue weighted by atomic mass is 32.2. The molecule has 3 nitrogen and oxygen atoms in total. The van der Waals surface area contributed by atoms with Crippen LogP contribution in [0.5, 0.6) is 0 Å². The summed E-state index contributed by atoms with van der Waals surface area (Å²) in [6.45, 7) is 4.01. The number of thioether (sulfide) groups is 1. The Hall–Kier alpha value is -0.450. The molecule has 1 fully saturated rings. The van der Waals surface area contributed by atoms with Gasteiger partial charge in [-0.1, -0.05) is 6.92 Å². The van der Waals surface area contributed by atoms with Crippen LogP contribution in [0, 0.1) is 0 Å². The van der Waals surface area contributed by atoms with E-state index in [0.717, 1.165) is 36.8 Å². The smallest absolute Gasteiger partial charge is 0.123 e. The van der Waals surface area contributed by atoms with E-state index in [1.165, 1.54) is 0 Å². The molecule has 0 radical (unpaired) electrons. The van der Waals surface area contributed by atoms with E-state index in [0.29, 0.717) is 0 Å². The van der Waals surface area contributed by atoms with Gasteiger partial charge in [0.2, 0.25) is 0 Å². The maximum absolute atomic E-state index is 5.82. The van der Waals surface area contributed by atoms with Gasteiger partial charge in [0.1, 0.15) is 5.76 Å². The van der Waals surface area contributed by atoms with Crippen LogP contribution >= 0.6 is 11.8 Å². The summed E-state index contributed by atoms with van der Waals surface area (Å²) in [6.07, 6.45) is 3.08. The molecule has 0 bridgehead atoms. The first-order valence-electron chi connectivity index (χ1n) is 5.88. The molecule has 1 aromatic rings. The summed E-state index contributed by atoms with van der Waals surface area (Å²) in [4.78, 5) is 0. The molecule has 1 N–H and O–H groups in total. The third-order valence-electron chi connectivity index (χ3n) is 2.68. The zero-order valence-electron chi connectivity index (χ0n) is 9.65. The number of ether oxygens (including phenoxy) is 1. The Labute approximate surface area is 101 Å². The molecular weight excluding hydrogens is 222 g/mol. The third kappa shape index (κ3) is 3.03. The number of furan rings is 1. The Kier molecular flexibility index (Phi) is 4.75. The molecule has 0 aliphatic carbocycles. The molecule has 4 heteroatoms. The van der Waals surface area contributed by atoms with Gasteiger partial charge in [0.15, 0.2) is 0 Å². The van der Waals surface area contributed by atoms with E-state index in [1.54, 1.807) is 6.26 Å². The van der Waals surface area contributed by atoms with Gasteiger partial charge in [0.05, 0.1) is 25.0 Å². The lowest BCUT2D eigenvalue weighted by Crippen LogP contribution is -2.38. The predicted octanol–water partition coefficient (Wildman–Crippen LogP) is 2.45. The monoisotopic (exact) mass is 241 g/mol. The zero-order chi connectivity index (χ0) is 11.2. The number of rotatable bonds is 5. The van der Waals surface area contributed by atoms with Crippen molar-refractivity contribution in [1.82, 2.24) is 5.32 Å². The van der Waals surface area contributed by atoms with Gasteiger partial charge in [-0.2, -0.15) is 11.8 Å². The van der Waals surface area contributed by atoms with Crippen LogP contribution < -0.4 is 5.32 Å². The molecule has 16 heavy (non-hydrogen) atoms. The first-order valence-corrected chi connectivity index (χ1v) is 7.03. The Morgan fingerprint density at radius 1 is 1.62 bits per heavy atom. The SMILES string of the molecule is CCCNC(c1ccco1)C1CSCCO1. The quantitative estimate of drug-likeness (QED) is 0.858. The Balaban J connectivity index is 2.01. The summed E-state index contributed by atoms with van der Waals surface area (Å²) < 4.78 is 11.3. The van der Waals surface area contributed by atoms with Crippen molar-refractivity contribution in [1.29, 1.82) is 0 Å². The van der Waals surface area contributed by atoms with Gasteiger partial charge in [0, 0.05) is 11.5 Å². The van der Waals surface area contributed by atoms with Crippen LogP contribution in [0.3, 0.4) is 0 Å². The van der Waals surface area contributed by atoms with Crippen LogP contribution in [0.25, 0.3) is 0 Å². The maximum Gasteiger partial charge on any atom is 0.123 e. The van der Waals surface area contributed by atoms with E-state index in [4.69, 9.17) is 9.15 Å². The molecule has 2 atom stereocenters. The highest BCUT2D eigenvalue weighted by molar-refractivity contribution is 7.99. The van der Waals surface area contributed by atoms with E-state index in [2.05, 4.69) is 12.2 Å². The summed E-state index contributed by atoms with van der Waals surface area (Å²) >= 11 is 1.96. The molecule has 1 aromatic heterocycles. The zero-order valence-corrected chi connectivity index (χ0v) is 10.5. The van der Waals surface area contributed by atoms with Crippen molar-refractivity contribution in [3.8, 4) is 0 Å². The number of hydrogen-bond donors (Lipinski definition) is 1. The topological polar surface area (TPSA) is 34.4 Å². The van der Waals surface area contributed by atoms with Crippen LogP contribution in [0.15, 0.2) is 22.8 Å². The summed E-state index contributed by atoms with van der Waals surface area (Å²) in [6, 6.07) is 4.16. The summed E-state index contributed by atoms with van der Waals surface area (Å²) in [5.74, 6) is 3.14. The fourth-order valence-electron chi connectivity index (χ4n) is 1.88. The molecule has 2 rings (SSSR count). The van der Waals surface area contributed by atoms with Crippen molar-refractivity contribution in [2.24, 2.45) is 0 Å². The summed E-state index contributed by atoms with van der Waals surface area (Å²) in [5.41, 5.74) is 0. The fourth-order valence-corrected chi connectivity index (χ4v) is 2.78. The second kappa shape index (κ2) is 6.33. The lowest BCUT2D eigenvalue weighted by molar-refractivity contribution is 0.0410. The summed E-state index contributed by atoms with van der Waals surface area (Å²) in [7, 11) is 0. The third-order valence-corrected chi connectivity index (χ3v) is 3.70. The van der Waals surface area contributed by atoms with Crippen molar-refractivity contribution < 1.29 is 9.15 Å². The van der Waals surface area contributed by atoms with Crippen molar-refractivity contribution >= 4 is 11.8 Å². The van der Waals surface area contributed by atoms with Crippen LogP contribution in [0.4, 0.5) is 0 Å². The first kappa shape index (κ1) is 12.0. The molecule has 0 amide bonds. The van der Waals surface area contributed by atoms with Crippen molar-refractivity contribution in [2.75, 3.05) is 24.7 Å². The largest absolute Gasteiger partial charge is 0.468 e. The van der Waals surface area contributed by atoms with Gasteiger partial charge in [0.25, 0.3) is 0 Å². The van der Waals surface area contributed by atoms with Crippen molar-refractivity contribution in [3.63, 3.8) is 0 Å². The maximum atomic E-state index is 5.82. The Morgan fingerprint density at radius 2 is 2.56 bits per heavy atom. The molecule has 0 aromatic carbocycles. The average Bonchev–Trinajstić information content (AvgIpc) is 2.85. The van der Waals surface area contributed by atoms with E-state index in [-0.39, 0.29) is 12.1 Å². The molecule has 0 saturated carbocycles. The summed E-state index contributed by atoms with van der Waals surface area (Å²) in [5, 5.41) is 3.51. The molecule has 0 spiro atoms. The second-order valence-electron chi connectivity index (χ2n) is 3.93. The number of hydrogen-bond acceptors (Lipinski definition) is 4. The highest BCUT2D eigenvalue weighted by Crippen LogP contribution is 2.25. The average molecular weight is 241 g/mol. The molecule has 1 saturated heterocycles. The van der Waals surface area contributed by atoms with Gasteiger partial charge in [-0.05, 0) is 25.1 Å². The minimum Gasteiger partial charge on any atom is -0.468 e. The second-order valence-corrected chi connectivity index (χ2v) is 5.08. The van der Waals surface area contributed by atoms with Gasteiger partial charge < -0.3 is 14.5 Å². The molecular formula is C12H19NO2S. The van der Waals surface area contributed by atoms with Crippen LogP contribution in [0.1, 0.15) is 25.1 Å². The van der Waals surface area contributed by atoms with E-state index in [1.807, 2.05) is 23.9 Å². The molecule has 2 unspecified atom stereocenters. The Morgan fingerprint density at radius 3 is 3.19 bits per heavy atom. The minimum absolute atomic E-state index is 0.197. The van der Waals surface area contributed by atoms with E-state index < -0.39 is 0 Å². The standard InChI is InChI=1S/C12H19NO2S/c1-2-5-13-12(10-4-3-6-14-10)11-9-16-8-7-15-11/h3-4,6,11-13H,2,5,7-9H2,1H3. The van der Waals surface area contributed by atoms with Gasteiger partial charge in [-0.3, -0.25) is 0 Å². The molecule has 2 heterocycles. The predicted molar refractivity (Wildman–Crippen MR) is 66.8 cm³/mol. The van der Waals surface area contributed by atoms with Gasteiger partial charge in [-0.15, -0.1) is 0 Å². The molecule has 1 aliphatic heterocycles. The van der Waals surface area contributed by atoms with Gasteiger partial charge >= 0.3 is 0 Å². The molecule has 90 valence electrons.